The van der Waals surface area contributed by atoms with Gasteiger partial charge in [-0.25, -0.2) is 22.8 Å². The van der Waals surface area contributed by atoms with Gasteiger partial charge in [0, 0.05) is 13.1 Å². The number of nitrogens with zero attached hydrogens (tertiary/aromatic N) is 4. The fourth-order valence-electron chi connectivity index (χ4n) is 4.29. The van der Waals surface area contributed by atoms with E-state index in [4.69, 9.17) is 4.98 Å². The average Bonchev–Trinajstić information content (AvgIpc) is 2.73. The van der Waals surface area contributed by atoms with Crippen LogP contribution in [0.1, 0.15) is 31.2 Å². The molecule has 0 radical (unpaired) electrons. The number of hydrogen-bond donors (Lipinski definition) is 0. The highest BCUT2D eigenvalue weighted by Gasteiger charge is 2.36. The largest absolute Gasteiger partial charge is 0.354 e. The molecule has 6 nitrogen and oxygen atoms in total. The number of para-hydroxylation sites is 2. The van der Waals surface area contributed by atoms with Crippen LogP contribution >= 0.6 is 0 Å². The third-order valence-electron chi connectivity index (χ3n) is 5.56. The van der Waals surface area contributed by atoms with Crippen LogP contribution in [-0.4, -0.2) is 31.5 Å². The smallest absolute Gasteiger partial charge is 0.200 e. The second kappa shape index (κ2) is 8.23. The summed E-state index contributed by atoms with van der Waals surface area (Å²) in [4.78, 5) is 11.3. The zero-order valence-electron chi connectivity index (χ0n) is 17.4. The topological polar surface area (TPSA) is 86.9 Å². The minimum Gasteiger partial charge on any atom is -0.354 e. The lowest BCUT2D eigenvalue weighted by Gasteiger charge is -2.36. The normalized spacial score (nSPS) is 20.4. The highest BCUT2D eigenvalue weighted by molar-refractivity contribution is 7.92. The number of aromatic nitrogens is 2. The van der Waals surface area contributed by atoms with Crippen LogP contribution in [0.3, 0.4) is 0 Å². The lowest BCUT2D eigenvalue weighted by Crippen LogP contribution is -2.40. The molecule has 1 aliphatic heterocycles. The van der Waals surface area contributed by atoms with Gasteiger partial charge in [-0.1, -0.05) is 26.0 Å². The number of anilines is 1. The van der Waals surface area contributed by atoms with Crippen LogP contribution in [0.25, 0.3) is 11.0 Å². The maximum Gasteiger partial charge on any atom is 0.200 e. The molecule has 1 fully saturated rings. The lowest BCUT2D eigenvalue weighted by molar-refractivity contribution is 0.355. The summed E-state index contributed by atoms with van der Waals surface area (Å²) in [5.74, 6) is 0.683. The Hall–Kier alpha value is -3.05. The van der Waals surface area contributed by atoms with Crippen molar-refractivity contribution >= 4 is 26.7 Å². The molecule has 0 aliphatic carbocycles. The first-order valence-electron chi connectivity index (χ1n) is 10.2. The first kappa shape index (κ1) is 21.2. The third kappa shape index (κ3) is 4.10. The third-order valence-corrected chi connectivity index (χ3v) is 7.44. The summed E-state index contributed by atoms with van der Waals surface area (Å²) in [5.41, 5.74) is 1.28. The van der Waals surface area contributed by atoms with Crippen LogP contribution in [0.5, 0.6) is 0 Å². The average molecular weight is 439 g/mol. The summed E-state index contributed by atoms with van der Waals surface area (Å²) in [6.07, 6.45) is 1.07. The standard InChI is InChI=1S/C23H23FN4O2S/c1-15-11-16(2)14-28(13-15)23-22(26-19-5-3-4-6-20(19)27-23)21(12-25)31(29,30)18-9-7-17(24)8-10-18/h3-10,15-16,21H,11,13-14H2,1-2H3. The van der Waals surface area contributed by atoms with Crippen molar-refractivity contribution in [3.63, 3.8) is 0 Å². The van der Waals surface area contributed by atoms with Gasteiger partial charge in [0.15, 0.2) is 11.1 Å². The number of sulfone groups is 1. The highest BCUT2D eigenvalue weighted by atomic mass is 32.2. The Morgan fingerprint density at radius 2 is 1.61 bits per heavy atom. The summed E-state index contributed by atoms with van der Waals surface area (Å²) in [7, 11) is -4.13. The summed E-state index contributed by atoms with van der Waals surface area (Å²) in [6, 6.07) is 13.6. The Morgan fingerprint density at radius 1 is 1.03 bits per heavy atom. The van der Waals surface area contributed by atoms with Crippen LogP contribution < -0.4 is 4.90 Å². The number of piperidine rings is 1. The maximum absolute atomic E-state index is 13.3. The molecule has 31 heavy (non-hydrogen) atoms. The second-order valence-corrected chi connectivity index (χ2v) is 10.3. The molecule has 4 rings (SSSR count). The zero-order valence-corrected chi connectivity index (χ0v) is 18.2. The molecule has 1 saturated heterocycles. The van der Waals surface area contributed by atoms with E-state index in [-0.39, 0.29) is 10.6 Å². The molecule has 3 atom stereocenters. The van der Waals surface area contributed by atoms with E-state index in [1.807, 2.05) is 23.1 Å². The molecule has 8 heteroatoms. The Balaban J connectivity index is 1.90. The van der Waals surface area contributed by atoms with Crippen molar-refractivity contribution in [1.82, 2.24) is 9.97 Å². The van der Waals surface area contributed by atoms with E-state index in [1.165, 1.54) is 12.1 Å². The highest BCUT2D eigenvalue weighted by Crippen LogP contribution is 2.36. The van der Waals surface area contributed by atoms with E-state index in [0.717, 1.165) is 18.6 Å². The molecule has 0 saturated carbocycles. The Bertz CT molecular complexity index is 1240. The Labute approximate surface area is 181 Å². The molecule has 0 spiro atoms. The van der Waals surface area contributed by atoms with E-state index in [1.54, 1.807) is 12.1 Å². The molecular weight excluding hydrogens is 415 g/mol. The number of benzene rings is 2. The number of halogens is 1. The summed E-state index contributed by atoms with van der Waals surface area (Å²) < 4.78 is 40.0. The van der Waals surface area contributed by atoms with Crippen LogP contribution in [0.15, 0.2) is 53.4 Å². The summed E-state index contributed by atoms with van der Waals surface area (Å²) in [6.45, 7) is 5.71. The van der Waals surface area contributed by atoms with Crippen molar-refractivity contribution in [1.29, 1.82) is 5.26 Å². The molecule has 0 amide bonds. The van der Waals surface area contributed by atoms with Crippen LogP contribution in [0.4, 0.5) is 10.2 Å². The van der Waals surface area contributed by atoms with E-state index >= 15 is 0 Å². The van der Waals surface area contributed by atoms with Crippen molar-refractivity contribution in [3.05, 3.63) is 60.0 Å². The number of hydrogen-bond acceptors (Lipinski definition) is 6. The second-order valence-electron chi connectivity index (χ2n) is 8.28. The predicted octanol–water partition coefficient (Wildman–Crippen LogP) is 4.29. The monoisotopic (exact) mass is 438 g/mol. The van der Waals surface area contributed by atoms with Gasteiger partial charge in [0.2, 0.25) is 9.84 Å². The minimum absolute atomic E-state index is 0.117. The van der Waals surface area contributed by atoms with Gasteiger partial charge in [-0.05, 0) is 54.7 Å². The lowest BCUT2D eigenvalue weighted by atomic mass is 9.92. The van der Waals surface area contributed by atoms with Crippen molar-refractivity contribution in [2.24, 2.45) is 11.8 Å². The van der Waals surface area contributed by atoms with Crippen molar-refractivity contribution in [2.75, 3.05) is 18.0 Å². The van der Waals surface area contributed by atoms with E-state index < -0.39 is 20.9 Å². The summed E-state index contributed by atoms with van der Waals surface area (Å²) in [5, 5.41) is 8.38. The predicted molar refractivity (Wildman–Crippen MR) is 117 cm³/mol. The Kier molecular flexibility index (Phi) is 5.63. The Morgan fingerprint density at radius 3 is 2.19 bits per heavy atom. The van der Waals surface area contributed by atoms with E-state index in [9.17, 15) is 18.1 Å². The first-order valence-corrected chi connectivity index (χ1v) is 11.7. The minimum atomic E-state index is -4.13. The van der Waals surface area contributed by atoms with Crippen LogP contribution in [-0.2, 0) is 9.84 Å². The van der Waals surface area contributed by atoms with Gasteiger partial charge in [0.25, 0.3) is 0 Å². The molecule has 2 heterocycles. The SMILES string of the molecule is CC1CC(C)CN(c2nc3ccccc3nc2C(C#N)S(=O)(=O)c2ccc(F)cc2)C1. The van der Waals surface area contributed by atoms with Gasteiger partial charge in [0.05, 0.1) is 22.0 Å². The van der Waals surface area contributed by atoms with Gasteiger partial charge in [-0.2, -0.15) is 5.26 Å². The van der Waals surface area contributed by atoms with Gasteiger partial charge in [-0.15, -0.1) is 0 Å². The van der Waals surface area contributed by atoms with E-state index in [2.05, 4.69) is 18.8 Å². The molecule has 0 bridgehead atoms. The maximum atomic E-state index is 13.3. The molecule has 3 unspecified atom stereocenters. The molecule has 0 N–H and O–H groups in total. The van der Waals surface area contributed by atoms with Crippen molar-refractivity contribution < 1.29 is 12.8 Å². The first-order chi connectivity index (χ1) is 14.8. The fourth-order valence-corrected chi connectivity index (χ4v) is 5.67. The van der Waals surface area contributed by atoms with Crippen molar-refractivity contribution in [2.45, 2.75) is 30.4 Å². The fraction of sp³-hybridized carbons (Fsp3) is 0.348. The van der Waals surface area contributed by atoms with Crippen LogP contribution in [0.2, 0.25) is 0 Å². The van der Waals surface area contributed by atoms with Gasteiger partial charge >= 0.3 is 0 Å². The molecule has 3 aromatic rings. The number of nitriles is 1. The number of fused-ring (bicyclic) bond motifs is 1. The van der Waals surface area contributed by atoms with Gasteiger partial charge < -0.3 is 4.90 Å². The molecular formula is C23H23FN4O2S. The molecule has 1 aromatic heterocycles. The molecule has 1 aliphatic rings. The molecule has 2 aromatic carbocycles. The van der Waals surface area contributed by atoms with E-state index in [0.29, 0.717) is 41.8 Å². The zero-order chi connectivity index (χ0) is 22.2. The molecule has 160 valence electrons. The van der Waals surface area contributed by atoms with Gasteiger partial charge in [-0.3, -0.25) is 0 Å². The summed E-state index contributed by atoms with van der Waals surface area (Å²) >= 11 is 0. The van der Waals surface area contributed by atoms with Gasteiger partial charge in [0.1, 0.15) is 11.5 Å². The quantitative estimate of drug-likeness (QED) is 0.565. The van der Waals surface area contributed by atoms with Crippen molar-refractivity contribution in [3.8, 4) is 6.07 Å². The number of rotatable bonds is 4. The van der Waals surface area contributed by atoms with Crippen LogP contribution in [0, 0.1) is 29.0 Å².